The molecule has 0 saturated carbocycles. The second-order valence-corrected chi connectivity index (χ2v) is 2.03. The standard InChI is InChI=1S/C10H10O.C2H6/c1-2-3-9-11-10-7-5-4-6-8-10;1-2/h4-8H,9H2,1H3;1-2H3. The van der Waals surface area contributed by atoms with E-state index in [1.165, 1.54) is 0 Å². The lowest BCUT2D eigenvalue weighted by Crippen LogP contribution is -1.92. The summed E-state index contributed by atoms with van der Waals surface area (Å²) in [5.41, 5.74) is 0. The summed E-state index contributed by atoms with van der Waals surface area (Å²) in [6.07, 6.45) is 0. The molecule has 0 amide bonds. The Morgan fingerprint density at radius 1 is 1.15 bits per heavy atom. The van der Waals surface area contributed by atoms with Gasteiger partial charge in [-0.1, -0.05) is 38.0 Å². The Hall–Kier alpha value is -1.42. The van der Waals surface area contributed by atoms with E-state index < -0.39 is 0 Å². The van der Waals surface area contributed by atoms with Crippen LogP contribution in [0.2, 0.25) is 0 Å². The zero-order chi connectivity index (χ0) is 9.94. The van der Waals surface area contributed by atoms with E-state index in [1.54, 1.807) is 6.92 Å². The van der Waals surface area contributed by atoms with Crippen LogP contribution in [0.3, 0.4) is 0 Å². The average Bonchev–Trinajstić information content (AvgIpc) is 2.23. The Balaban J connectivity index is 0.000000671. The van der Waals surface area contributed by atoms with Crippen LogP contribution in [0.4, 0.5) is 0 Å². The number of rotatable bonds is 2. The normalized spacial score (nSPS) is 7.31. The number of para-hydroxylation sites is 1. The van der Waals surface area contributed by atoms with Crippen LogP contribution in [0.5, 0.6) is 5.75 Å². The molecule has 0 spiro atoms. The molecule has 0 bridgehead atoms. The highest BCUT2D eigenvalue weighted by Gasteiger charge is 1.85. The summed E-state index contributed by atoms with van der Waals surface area (Å²) in [4.78, 5) is 0. The Morgan fingerprint density at radius 3 is 2.31 bits per heavy atom. The Morgan fingerprint density at radius 2 is 1.77 bits per heavy atom. The number of hydrogen-bond acceptors (Lipinski definition) is 1. The van der Waals surface area contributed by atoms with E-state index in [1.807, 2.05) is 44.2 Å². The predicted octanol–water partition coefficient (Wildman–Crippen LogP) is 3.11. The van der Waals surface area contributed by atoms with Crippen molar-refractivity contribution < 1.29 is 4.74 Å². The van der Waals surface area contributed by atoms with Crippen LogP contribution in [0.25, 0.3) is 0 Å². The fourth-order valence-electron chi connectivity index (χ4n) is 0.708. The quantitative estimate of drug-likeness (QED) is 0.629. The summed E-state index contributed by atoms with van der Waals surface area (Å²) in [6.45, 7) is 6.27. The molecule has 0 radical (unpaired) electrons. The summed E-state index contributed by atoms with van der Waals surface area (Å²) < 4.78 is 5.27. The third-order valence-electron chi connectivity index (χ3n) is 1.23. The Kier molecular flexibility index (Phi) is 7.73. The zero-order valence-corrected chi connectivity index (χ0v) is 8.50. The molecule has 0 aliphatic rings. The second-order valence-electron chi connectivity index (χ2n) is 2.03. The molecule has 0 atom stereocenters. The first-order valence-corrected chi connectivity index (χ1v) is 4.51. The molecule has 1 rings (SSSR count). The lowest BCUT2D eigenvalue weighted by atomic mass is 10.3. The van der Waals surface area contributed by atoms with Crippen LogP contribution >= 0.6 is 0 Å². The van der Waals surface area contributed by atoms with Crippen molar-refractivity contribution in [3.8, 4) is 17.6 Å². The number of hydrogen-bond donors (Lipinski definition) is 0. The maximum absolute atomic E-state index is 5.27. The van der Waals surface area contributed by atoms with E-state index in [0.29, 0.717) is 6.61 Å². The number of benzene rings is 1. The van der Waals surface area contributed by atoms with Crippen molar-refractivity contribution in [2.75, 3.05) is 6.61 Å². The summed E-state index contributed by atoms with van der Waals surface area (Å²) >= 11 is 0. The van der Waals surface area contributed by atoms with Crippen LogP contribution in [-0.2, 0) is 0 Å². The van der Waals surface area contributed by atoms with Crippen LogP contribution in [-0.4, -0.2) is 6.61 Å². The van der Waals surface area contributed by atoms with E-state index in [9.17, 15) is 0 Å². The molecule has 0 unspecified atom stereocenters. The van der Waals surface area contributed by atoms with E-state index in [4.69, 9.17) is 4.74 Å². The van der Waals surface area contributed by atoms with Crippen molar-refractivity contribution in [1.29, 1.82) is 0 Å². The maximum atomic E-state index is 5.27. The fraction of sp³-hybridized carbons (Fsp3) is 0.333. The molecule has 0 heterocycles. The van der Waals surface area contributed by atoms with Gasteiger partial charge in [-0.2, -0.15) is 0 Å². The molecule has 70 valence electrons. The van der Waals surface area contributed by atoms with Crippen LogP contribution in [0.1, 0.15) is 20.8 Å². The molecule has 1 aromatic rings. The summed E-state index contributed by atoms with van der Waals surface area (Å²) in [5, 5.41) is 0. The molecule has 1 heteroatoms. The molecule has 0 saturated heterocycles. The Labute approximate surface area is 80.7 Å². The van der Waals surface area contributed by atoms with Gasteiger partial charge in [0.25, 0.3) is 0 Å². The fourth-order valence-corrected chi connectivity index (χ4v) is 0.708. The minimum absolute atomic E-state index is 0.473. The number of ether oxygens (including phenoxy) is 1. The van der Waals surface area contributed by atoms with Crippen LogP contribution < -0.4 is 4.74 Å². The van der Waals surface area contributed by atoms with Gasteiger partial charge in [0.05, 0.1) is 0 Å². The van der Waals surface area contributed by atoms with Gasteiger partial charge in [0.15, 0.2) is 0 Å². The van der Waals surface area contributed by atoms with Gasteiger partial charge >= 0.3 is 0 Å². The van der Waals surface area contributed by atoms with Crippen molar-refractivity contribution in [3.05, 3.63) is 30.3 Å². The molecule has 1 nitrogen and oxygen atoms in total. The van der Waals surface area contributed by atoms with Gasteiger partial charge in [-0.05, 0) is 19.1 Å². The molecule has 0 fully saturated rings. The van der Waals surface area contributed by atoms with E-state index in [-0.39, 0.29) is 0 Å². The van der Waals surface area contributed by atoms with Crippen molar-refractivity contribution in [2.24, 2.45) is 0 Å². The van der Waals surface area contributed by atoms with Crippen LogP contribution in [0, 0.1) is 11.8 Å². The first-order valence-electron chi connectivity index (χ1n) is 4.51. The lowest BCUT2D eigenvalue weighted by Gasteiger charge is -1.98. The van der Waals surface area contributed by atoms with Gasteiger partial charge < -0.3 is 4.74 Å². The van der Waals surface area contributed by atoms with Gasteiger partial charge in [0.1, 0.15) is 12.4 Å². The van der Waals surface area contributed by atoms with Crippen molar-refractivity contribution in [2.45, 2.75) is 20.8 Å². The van der Waals surface area contributed by atoms with Gasteiger partial charge in [-0.25, -0.2) is 0 Å². The molecule has 1 aromatic carbocycles. The van der Waals surface area contributed by atoms with Crippen molar-refractivity contribution in [1.82, 2.24) is 0 Å². The first kappa shape index (κ1) is 11.6. The minimum atomic E-state index is 0.473. The van der Waals surface area contributed by atoms with E-state index in [0.717, 1.165) is 5.75 Å². The monoisotopic (exact) mass is 176 g/mol. The molecule has 13 heavy (non-hydrogen) atoms. The van der Waals surface area contributed by atoms with Crippen molar-refractivity contribution >= 4 is 0 Å². The molecular formula is C12H16O. The third kappa shape index (κ3) is 5.81. The Bertz CT molecular complexity index is 253. The molecule has 0 N–H and O–H groups in total. The zero-order valence-electron chi connectivity index (χ0n) is 8.50. The lowest BCUT2D eigenvalue weighted by molar-refractivity contribution is 0.370. The van der Waals surface area contributed by atoms with Gasteiger partial charge in [0, 0.05) is 0 Å². The highest BCUT2D eigenvalue weighted by Crippen LogP contribution is 2.06. The summed E-state index contributed by atoms with van der Waals surface area (Å²) in [7, 11) is 0. The minimum Gasteiger partial charge on any atom is -0.481 e. The third-order valence-corrected chi connectivity index (χ3v) is 1.23. The van der Waals surface area contributed by atoms with E-state index in [2.05, 4.69) is 11.8 Å². The highest BCUT2D eigenvalue weighted by molar-refractivity contribution is 5.21. The largest absolute Gasteiger partial charge is 0.481 e. The smallest absolute Gasteiger partial charge is 0.149 e. The molecule has 0 aliphatic heterocycles. The first-order chi connectivity index (χ1) is 6.43. The summed E-state index contributed by atoms with van der Waals surface area (Å²) in [6, 6.07) is 9.66. The maximum Gasteiger partial charge on any atom is 0.149 e. The SMILES string of the molecule is CC.CC#CCOc1ccccc1. The second kappa shape index (κ2) is 8.67. The summed E-state index contributed by atoms with van der Waals surface area (Å²) in [5.74, 6) is 6.46. The highest BCUT2D eigenvalue weighted by atomic mass is 16.5. The topological polar surface area (TPSA) is 9.23 Å². The van der Waals surface area contributed by atoms with E-state index >= 15 is 0 Å². The van der Waals surface area contributed by atoms with Crippen LogP contribution in [0.15, 0.2) is 30.3 Å². The van der Waals surface area contributed by atoms with Gasteiger partial charge in [-0.3, -0.25) is 0 Å². The van der Waals surface area contributed by atoms with Crippen molar-refractivity contribution in [3.63, 3.8) is 0 Å². The van der Waals surface area contributed by atoms with Gasteiger partial charge in [-0.15, -0.1) is 5.92 Å². The predicted molar refractivity (Wildman–Crippen MR) is 56.7 cm³/mol. The molecular weight excluding hydrogens is 160 g/mol. The molecule has 0 aromatic heterocycles. The van der Waals surface area contributed by atoms with Gasteiger partial charge in [0.2, 0.25) is 0 Å². The average molecular weight is 176 g/mol. The molecule has 0 aliphatic carbocycles.